The molecule has 0 atom stereocenters. The number of carbonyl (C=O) groups excluding carboxylic acids is 1. The molecule has 0 unspecified atom stereocenters. The molecule has 8 heteroatoms. The highest BCUT2D eigenvalue weighted by Gasteiger charge is 2.18. The fourth-order valence-corrected chi connectivity index (χ4v) is 3.24. The Labute approximate surface area is 151 Å². The zero-order valence-electron chi connectivity index (χ0n) is 14.3. The largest absolute Gasteiger partial charge is 0.324 e. The van der Waals surface area contributed by atoms with Crippen LogP contribution in [0.15, 0.2) is 48.5 Å². The van der Waals surface area contributed by atoms with Crippen LogP contribution in [0.1, 0.15) is 12.0 Å². The lowest BCUT2D eigenvalue weighted by atomic mass is 10.1. The Kier molecular flexibility index (Phi) is 6.82. The molecule has 140 valence electrons. The average molecular weight is 382 g/mol. The van der Waals surface area contributed by atoms with Gasteiger partial charge in [0.25, 0.3) is 0 Å². The Morgan fingerprint density at radius 3 is 2.23 bits per heavy atom. The van der Waals surface area contributed by atoms with Gasteiger partial charge in [0.05, 0.1) is 11.9 Å². The molecule has 0 fully saturated rings. The summed E-state index contributed by atoms with van der Waals surface area (Å²) in [5.74, 6) is -1.48. The zero-order chi connectivity index (χ0) is 19.2. The molecule has 0 saturated heterocycles. The quantitative estimate of drug-likeness (QED) is 0.764. The van der Waals surface area contributed by atoms with Crippen molar-refractivity contribution in [3.63, 3.8) is 0 Å². The van der Waals surface area contributed by atoms with Crippen LogP contribution in [-0.4, -0.2) is 38.0 Å². The summed E-state index contributed by atoms with van der Waals surface area (Å²) in [5, 5.41) is 2.40. The van der Waals surface area contributed by atoms with E-state index in [0.29, 0.717) is 5.56 Å². The van der Waals surface area contributed by atoms with Crippen molar-refractivity contribution < 1.29 is 22.0 Å². The van der Waals surface area contributed by atoms with Gasteiger partial charge < -0.3 is 5.32 Å². The van der Waals surface area contributed by atoms with Crippen LogP contribution < -0.4 is 5.32 Å². The molecular weight excluding hydrogens is 362 g/mol. The first-order valence-corrected chi connectivity index (χ1v) is 9.85. The van der Waals surface area contributed by atoms with Crippen molar-refractivity contribution in [2.45, 2.75) is 12.8 Å². The predicted octanol–water partition coefficient (Wildman–Crippen LogP) is 2.80. The number of amides is 1. The van der Waals surface area contributed by atoms with E-state index in [4.69, 9.17) is 0 Å². The van der Waals surface area contributed by atoms with Gasteiger partial charge in [-0.1, -0.05) is 30.3 Å². The van der Waals surface area contributed by atoms with Crippen LogP contribution in [0, 0.1) is 11.6 Å². The number of halogens is 2. The van der Waals surface area contributed by atoms with Crippen molar-refractivity contribution in [3.8, 4) is 0 Å². The maximum atomic E-state index is 13.7. The van der Waals surface area contributed by atoms with Crippen molar-refractivity contribution in [1.29, 1.82) is 0 Å². The average Bonchev–Trinajstić information content (AvgIpc) is 2.57. The number of nitrogens with zero attached hydrogens (tertiary/aromatic N) is 1. The molecule has 1 N–H and O–H groups in total. The van der Waals surface area contributed by atoms with Gasteiger partial charge in [0.15, 0.2) is 0 Å². The minimum absolute atomic E-state index is 0.0368. The number of para-hydroxylation sites is 1. The van der Waals surface area contributed by atoms with Crippen LogP contribution in [0.5, 0.6) is 0 Å². The van der Waals surface area contributed by atoms with Crippen molar-refractivity contribution in [2.24, 2.45) is 0 Å². The van der Waals surface area contributed by atoms with Gasteiger partial charge in [-0.25, -0.2) is 21.5 Å². The molecule has 0 aromatic heterocycles. The molecule has 0 bridgehead atoms. The third-order valence-electron chi connectivity index (χ3n) is 3.79. The second-order valence-corrected chi connectivity index (χ2v) is 7.76. The normalized spacial score (nSPS) is 11.5. The maximum absolute atomic E-state index is 13.7. The Balaban J connectivity index is 1.95. The van der Waals surface area contributed by atoms with Gasteiger partial charge >= 0.3 is 0 Å². The molecule has 0 radical (unpaired) electrons. The fourth-order valence-electron chi connectivity index (χ4n) is 2.39. The van der Waals surface area contributed by atoms with E-state index in [9.17, 15) is 22.0 Å². The predicted molar refractivity (Wildman–Crippen MR) is 96.2 cm³/mol. The summed E-state index contributed by atoms with van der Waals surface area (Å²) in [5.41, 5.74) is 0.437. The molecule has 2 aromatic rings. The smallest absolute Gasteiger partial charge is 0.225 e. The third kappa shape index (κ3) is 5.89. The summed E-state index contributed by atoms with van der Waals surface area (Å²) in [6.07, 6.45) is 1.08. The summed E-state index contributed by atoms with van der Waals surface area (Å²) in [6, 6.07) is 11.8. The van der Waals surface area contributed by atoms with E-state index < -0.39 is 27.6 Å². The number of sulfonamides is 1. The van der Waals surface area contributed by atoms with E-state index in [1.807, 2.05) is 0 Å². The molecule has 5 nitrogen and oxygen atoms in total. The van der Waals surface area contributed by atoms with Crippen LogP contribution in [0.2, 0.25) is 0 Å². The number of anilines is 1. The summed E-state index contributed by atoms with van der Waals surface area (Å²) in [7, 11) is -3.57. The SMILES string of the molecule is CS(=O)(=O)N(CCC(=O)Nc1ccccc1F)CCc1ccccc1F. The van der Waals surface area contributed by atoms with Gasteiger partial charge in [-0.05, 0) is 30.2 Å². The zero-order valence-corrected chi connectivity index (χ0v) is 15.1. The monoisotopic (exact) mass is 382 g/mol. The molecule has 0 heterocycles. The lowest BCUT2D eigenvalue weighted by Crippen LogP contribution is -2.34. The molecule has 2 rings (SSSR count). The number of hydrogen-bond donors (Lipinski definition) is 1. The lowest BCUT2D eigenvalue weighted by molar-refractivity contribution is -0.116. The Morgan fingerprint density at radius 2 is 1.62 bits per heavy atom. The van der Waals surface area contributed by atoms with E-state index in [2.05, 4.69) is 5.32 Å². The van der Waals surface area contributed by atoms with Crippen molar-refractivity contribution in [2.75, 3.05) is 24.7 Å². The summed E-state index contributed by atoms with van der Waals surface area (Å²) in [4.78, 5) is 12.0. The van der Waals surface area contributed by atoms with Crippen molar-refractivity contribution >= 4 is 21.6 Å². The van der Waals surface area contributed by atoms with Gasteiger partial charge in [-0.15, -0.1) is 0 Å². The first kappa shape index (κ1) is 20.0. The molecule has 0 spiro atoms. The highest BCUT2D eigenvalue weighted by molar-refractivity contribution is 7.88. The van der Waals surface area contributed by atoms with Crippen LogP contribution in [0.4, 0.5) is 14.5 Å². The second kappa shape index (κ2) is 8.86. The molecule has 0 aliphatic carbocycles. The van der Waals surface area contributed by atoms with Gasteiger partial charge in [-0.2, -0.15) is 0 Å². The number of rotatable bonds is 8. The summed E-state index contributed by atoms with van der Waals surface area (Å²) in [6.45, 7) is -0.0275. The van der Waals surface area contributed by atoms with Gasteiger partial charge in [0, 0.05) is 19.5 Å². The Bertz CT molecular complexity index is 872. The topological polar surface area (TPSA) is 66.5 Å². The van der Waals surface area contributed by atoms with E-state index in [1.54, 1.807) is 24.3 Å². The van der Waals surface area contributed by atoms with E-state index >= 15 is 0 Å². The van der Waals surface area contributed by atoms with Crippen LogP contribution in [0.25, 0.3) is 0 Å². The minimum Gasteiger partial charge on any atom is -0.324 e. The third-order valence-corrected chi connectivity index (χ3v) is 5.10. The number of nitrogens with one attached hydrogen (secondary N) is 1. The van der Waals surface area contributed by atoms with Crippen LogP contribution >= 0.6 is 0 Å². The minimum atomic E-state index is -3.57. The van der Waals surface area contributed by atoms with E-state index in [-0.39, 0.29) is 31.6 Å². The fraction of sp³-hybridized carbons (Fsp3) is 0.278. The summed E-state index contributed by atoms with van der Waals surface area (Å²) >= 11 is 0. The van der Waals surface area contributed by atoms with Crippen molar-refractivity contribution in [1.82, 2.24) is 4.31 Å². The maximum Gasteiger partial charge on any atom is 0.225 e. The molecule has 0 aliphatic heterocycles. The highest BCUT2D eigenvalue weighted by atomic mass is 32.2. The number of benzene rings is 2. The highest BCUT2D eigenvalue weighted by Crippen LogP contribution is 2.13. The van der Waals surface area contributed by atoms with Crippen molar-refractivity contribution in [3.05, 3.63) is 65.7 Å². The first-order valence-electron chi connectivity index (χ1n) is 8.00. The van der Waals surface area contributed by atoms with Gasteiger partial charge in [0.2, 0.25) is 15.9 Å². The number of carbonyl (C=O) groups is 1. The second-order valence-electron chi connectivity index (χ2n) is 5.78. The first-order chi connectivity index (χ1) is 12.3. The molecule has 0 aliphatic rings. The molecule has 0 saturated carbocycles. The number of hydrogen-bond acceptors (Lipinski definition) is 3. The van der Waals surface area contributed by atoms with E-state index in [0.717, 1.165) is 10.6 Å². The molecule has 26 heavy (non-hydrogen) atoms. The molecule has 1 amide bonds. The van der Waals surface area contributed by atoms with Crippen LogP contribution in [-0.2, 0) is 21.2 Å². The Hall–Kier alpha value is -2.32. The van der Waals surface area contributed by atoms with Gasteiger partial charge in [0.1, 0.15) is 11.6 Å². The standard InChI is InChI=1S/C18H20F2N2O3S/c1-26(24,25)22(12-10-14-6-2-3-7-15(14)19)13-11-18(23)21-17-9-5-4-8-16(17)20/h2-9H,10-13H2,1H3,(H,21,23). The van der Waals surface area contributed by atoms with Crippen LogP contribution in [0.3, 0.4) is 0 Å². The summed E-state index contributed by atoms with van der Waals surface area (Å²) < 4.78 is 52.1. The Morgan fingerprint density at radius 1 is 1.00 bits per heavy atom. The van der Waals surface area contributed by atoms with Gasteiger partial charge in [-0.3, -0.25) is 4.79 Å². The lowest BCUT2D eigenvalue weighted by Gasteiger charge is -2.20. The molecule has 2 aromatic carbocycles. The molecular formula is C18H20F2N2O3S. The van der Waals surface area contributed by atoms with E-state index in [1.165, 1.54) is 24.3 Å².